The van der Waals surface area contributed by atoms with Gasteiger partial charge in [-0.2, -0.15) is 0 Å². The molecule has 5 heteroatoms. The summed E-state index contributed by atoms with van der Waals surface area (Å²) in [5.74, 6) is -0.193. The predicted octanol–water partition coefficient (Wildman–Crippen LogP) is 2.23. The van der Waals surface area contributed by atoms with Gasteiger partial charge >= 0.3 is 0 Å². The Hall–Kier alpha value is -2.66. The van der Waals surface area contributed by atoms with Gasteiger partial charge in [-0.15, -0.1) is 0 Å². The van der Waals surface area contributed by atoms with Gasteiger partial charge in [-0.05, 0) is 17.7 Å². The summed E-state index contributed by atoms with van der Waals surface area (Å²) in [5.41, 5.74) is 2.13. The van der Waals surface area contributed by atoms with Crippen molar-refractivity contribution in [2.24, 2.45) is 0 Å². The van der Waals surface area contributed by atoms with Crippen LogP contribution in [0.1, 0.15) is 11.7 Å². The Labute approximate surface area is 115 Å². The number of nitrogens with zero attached hydrogens (tertiary/aromatic N) is 1. The molecule has 0 aliphatic carbocycles. The Bertz CT molecular complexity index is 704. The molecule has 0 saturated heterocycles. The van der Waals surface area contributed by atoms with E-state index in [1.54, 1.807) is 24.3 Å². The van der Waals surface area contributed by atoms with Crippen LogP contribution in [-0.2, 0) is 4.79 Å². The first kappa shape index (κ1) is 12.4. The van der Waals surface area contributed by atoms with Crippen LogP contribution < -0.4 is 5.32 Å². The monoisotopic (exact) mass is 267 g/mol. The van der Waals surface area contributed by atoms with Crippen LogP contribution in [0.15, 0.2) is 54.6 Å². The quantitative estimate of drug-likeness (QED) is 0.681. The second kappa shape index (κ2) is 5.14. The van der Waals surface area contributed by atoms with Gasteiger partial charge in [0.15, 0.2) is 6.10 Å². The molecule has 1 heterocycles. The van der Waals surface area contributed by atoms with Gasteiger partial charge in [-0.1, -0.05) is 42.5 Å². The van der Waals surface area contributed by atoms with E-state index in [4.69, 9.17) is 0 Å². The largest absolute Gasteiger partial charge is 0.378 e. The topological polar surface area (TPSA) is 78.0 Å². The number of rotatable bonds is 3. The molecular weight excluding hydrogens is 254 g/mol. The molecule has 1 amide bonds. The number of aromatic nitrogens is 2. The Morgan fingerprint density at radius 1 is 1.10 bits per heavy atom. The fraction of sp³-hybridized carbons (Fsp3) is 0.0667. The molecule has 1 unspecified atom stereocenters. The Morgan fingerprint density at radius 2 is 1.80 bits per heavy atom. The van der Waals surface area contributed by atoms with Crippen molar-refractivity contribution >= 4 is 22.9 Å². The second-order valence-corrected chi connectivity index (χ2v) is 4.41. The number of aliphatic hydroxyl groups is 1. The summed E-state index contributed by atoms with van der Waals surface area (Å²) in [6, 6.07) is 16.2. The number of imidazole rings is 1. The number of carbonyl (C=O) groups is 1. The van der Waals surface area contributed by atoms with Crippen molar-refractivity contribution in [3.05, 3.63) is 60.2 Å². The van der Waals surface area contributed by atoms with E-state index in [9.17, 15) is 9.90 Å². The Balaban J connectivity index is 1.78. The molecule has 100 valence electrons. The number of aromatic amines is 1. The molecule has 0 aliphatic rings. The highest BCUT2D eigenvalue weighted by molar-refractivity contribution is 5.94. The molecule has 3 rings (SSSR count). The molecule has 0 radical (unpaired) electrons. The summed E-state index contributed by atoms with van der Waals surface area (Å²) in [4.78, 5) is 19.2. The summed E-state index contributed by atoms with van der Waals surface area (Å²) in [5, 5.41) is 12.5. The minimum Gasteiger partial charge on any atom is -0.378 e. The number of anilines is 1. The van der Waals surface area contributed by atoms with Gasteiger partial charge in [0.25, 0.3) is 5.91 Å². The van der Waals surface area contributed by atoms with Crippen molar-refractivity contribution in [1.29, 1.82) is 0 Å². The van der Waals surface area contributed by atoms with Gasteiger partial charge in [0.05, 0.1) is 11.0 Å². The maximum Gasteiger partial charge on any atom is 0.260 e. The van der Waals surface area contributed by atoms with Crippen LogP contribution in [-0.4, -0.2) is 21.0 Å². The summed E-state index contributed by atoms with van der Waals surface area (Å²) in [7, 11) is 0. The smallest absolute Gasteiger partial charge is 0.260 e. The summed E-state index contributed by atoms with van der Waals surface area (Å²) >= 11 is 0. The number of carbonyl (C=O) groups excluding carboxylic acids is 1. The summed E-state index contributed by atoms with van der Waals surface area (Å²) in [6.07, 6.45) is -1.22. The first-order valence-electron chi connectivity index (χ1n) is 6.22. The third-order valence-corrected chi connectivity index (χ3v) is 2.99. The highest BCUT2D eigenvalue weighted by atomic mass is 16.3. The number of H-pyrrole nitrogens is 1. The SMILES string of the molecule is O=C(Nc1nc2ccccc2[nH]1)C(O)c1ccccc1. The summed E-state index contributed by atoms with van der Waals surface area (Å²) in [6.45, 7) is 0. The van der Waals surface area contributed by atoms with E-state index < -0.39 is 12.0 Å². The van der Waals surface area contributed by atoms with E-state index in [0.717, 1.165) is 11.0 Å². The number of benzene rings is 2. The molecule has 0 fully saturated rings. The molecule has 0 saturated carbocycles. The van der Waals surface area contributed by atoms with Crippen molar-refractivity contribution in [3.63, 3.8) is 0 Å². The molecule has 20 heavy (non-hydrogen) atoms. The van der Waals surface area contributed by atoms with Gasteiger partial charge < -0.3 is 10.1 Å². The molecule has 1 atom stereocenters. The van der Waals surface area contributed by atoms with Crippen LogP contribution >= 0.6 is 0 Å². The fourth-order valence-corrected chi connectivity index (χ4v) is 1.98. The second-order valence-electron chi connectivity index (χ2n) is 4.41. The van der Waals surface area contributed by atoms with E-state index in [1.165, 1.54) is 0 Å². The normalized spacial score (nSPS) is 12.2. The minimum absolute atomic E-state index is 0.325. The van der Waals surface area contributed by atoms with Crippen molar-refractivity contribution < 1.29 is 9.90 Å². The van der Waals surface area contributed by atoms with Crippen LogP contribution in [0.2, 0.25) is 0 Å². The Kier molecular flexibility index (Phi) is 3.18. The van der Waals surface area contributed by atoms with Crippen LogP contribution in [0.25, 0.3) is 11.0 Å². The third-order valence-electron chi connectivity index (χ3n) is 2.99. The number of para-hydroxylation sites is 2. The zero-order valence-corrected chi connectivity index (χ0v) is 10.6. The fourth-order valence-electron chi connectivity index (χ4n) is 1.98. The molecule has 0 spiro atoms. The molecule has 2 aromatic carbocycles. The van der Waals surface area contributed by atoms with Gasteiger partial charge in [-0.3, -0.25) is 10.1 Å². The van der Waals surface area contributed by atoms with Crippen molar-refractivity contribution in [2.75, 3.05) is 5.32 Å². The molecule has 0 aliphatic heterocycles. The number of aliphatic hydroxyl groups excluding tert-OH is 1. The molecule has 3 N–H and O–H groups in total. The minimum atomic E-state index is -1.22. The standard InChI is InChI=1S/C15H13N3O2/c19-13(10-6-2-1-3-7-10)14(20)18-15-16-11-8-4-5-9-12(11)17-15/h1-9,13,19H,(H2,16,17,18,20). The maximum absolute atomic E-state index is 12.0. The lowest BCUT2D eigenvalue weighted by Gasteiger charge is -2.09. The lowest BCUT2D eigenvalue weighted by atomic mass is 10.1. The lowest BCUT2D eigenvalue weighted by Crippen LogP contribution is -2.21. The van der Waals surface area contributed by atoms with E-state index in [0.29, 0.717) is 11.5 Å². The van der Waals surface area contributed by atoms with Crippen LogP contribution in [0, 0.1) is 0 Å². The van der Waals surface area contributed by atoms with E-state index in [1.807, 2.05) is 30.3 Å². The zero-order valence-electron chi connectivity index (χ0n) is 10.6. The highest BCUT2D eigenvalue weighted by Gasteiger charge is 2.18. The van der Waals surface area contributed by atoms with Gasteiger partial charge in [0, 0.05) is 0 Å². The van der Waals surface area contributed by atoms with Crippen LogP contribution in [0.5, 0.6) is 0 Å². The third kappa shape index (κ3) is 2.39. The average molecular weight is 267 g/mol. The van der Waals surface area contributed by atoms with E-state index in [2.05, 4.69) is 15.3 Å². The van der Waals surface area contributed by atoms with E-state index >= 15 is 0 Å². The number of fused-ring (bicyclic) bond motifs is 1. The van der Waals surface area contributed by atoms with Gasteiger partial charge in [0.1, 0.15) is 0 Å². The predicted molar refractivity (Wildman–Crippen MR) is 76.1 cm³/mol. The average Bonchev–Trinajstić information content (AvgIpc) is 2.89. The molecular formula is C15H13N3O2. The number of nitrogens with one attached hydrogen (secondary N) is 2. The van der Waals surface area contributed by atoms with Crippen LogP contribution in [0.4, 0.5) is 5.95 Å². The molecule has 5 nitrogen and oxygen atoms in total. The van der Waals surface area contributed by atoms with Gasteiger partial charge in [0.2, 0.25) is 5.95 Å². The lowest BCUT2D eigenvalue weighted by molar-refractivity contribution is -0.124. The maximum atomic E-state index is 12.0. The number of amides is 1. The van der Waals surface area contributed by atoms with E-state index in [-0.39, 0.29) is 0 Å². The molecule has 0 bridgehead atoms. The van der Waals surface area contributed by atoms with Crippen LogP contribution in [0.3, 0.4) is 0 Å². The van der Waals surface area contributed by atoms with Crippen molar-refractivity contribution in [3.8, 4) is 0 Å². The summed E-state index contributed by atoms with van der Waals surface area (Å²) < 4.78 is 0. The first-order chi connectivity index (χ1) is 9.74. The highest BCUT2D eigenvalue weighted by Crippen LogP contribution is 2.17. The van der Waals surface area contributed by atoms with Crippen molar-refractivity contribution in [1.82, 2.24) is 9.97 Å². The van der Waals surface area contributed by atoms with Crippen molar-refractivity contribution in [2.45, 2.75) is 6.10 Å². The number of hydrogen-bond donors (Lipinski definition) is 3. The van der Waals surface area contributed by atoms with Gasteiger partial charge in [-0.25, -0.2) is 4.98 Å². The Morgan fingerprint density at radius 3 is 2.55 bits per heavy atom. The molecule has 1 aromatic heterocycles. The zero-order chi connectivity index (χ0) is 13.9. The first-order valence-corrected chi connectivity index (χ1v) is 6.22. The number of hydrogen-bond acceptors (Lipinski definition) is 3. The molecule has 3 aromatic rings.